The molecule has 0 aliphatic carbocycles. The van der Waals surface area contributed by atoms with Gasteiger partial charge in [-0.1, -0.05) is 42.0 Å². The number of carbonyl (C=O) groups excluding carboxylic acids is 1. The average molecular weight is 468 g/mol. The Balaban J connectivity index is 1.78. The number of amides is 1. The van der Waals surface area contributed by atoms with Crippen LogP contribution in [0.25, 0.3) is 11.0 Å². The van der Waals surface area contributed by atoms with Gasteiger partial charge in [0.25, 0.3) is 5.91 Å². The predicted molar refractivity (Wildman–Crippen MR) is 123 cm³/mol. The Morgan fingerprint density at radius 2 is 2.00 bits per heavy atom. The minimum absolute atomic E-state index is 0.00452. The van der Waals surface area contributed by atoms with Gasteiger partial charge in [-0.3, -0.25) is 14.5 Å². The molecule has 32 heavy (non-hydrogen) atoms. The molecule has 162 valence electrons. The maximum Gasteiger partial charge on any atom is 0.297 e. The predicted octanol–water partition coefficient (Wildman–Crippen LogP) is 5.01. The highest BCUT2D eigenvalue weighted by atomic mass is 35.5. The van der Waals surface area contributed by atoms with E-state index < -0.39 is 11.9 Å². The standard InChI is InChI=1S/C23H18ClN3O4S/c1-3-17-25-26-23(32-17)27-19(12-6-5-7-14(10-12)30-4-2)18-20(28)15-11-13(24)8-9-16(15)31-21(18)22(27)29/h5-11,19H,3-4H2,1-2H3/t19-/m0/s1. The molecule has 7 nitrogen and oxygen atoms in total. The van der Waals surface area contributed by atoms with Crippen LogP contribution in [0, 0.1) is 0 Å². The molecule has 1 atom stereocenters. The lowest BCUT2D eigenvalue weighted by molar-refractivity contribution is 0.0970. The third-order valence-corrected chi connectivity index (χ3v) is 6.58. The van der Waals surface area contributed by atoms with Gasteiger partial charge in [0.05, 0.1) is 23.6 Å². The second-order valence-electron chi connectivity index (χ2n) is 7.23. The lowest BCUT2D eigenvalue weighted by Gasteiger charge is -2.22. The Hall–Kier alpha value is -3.23. The molecule has 9 heteroatoms. The third-order valence-electron chi connectivity index (χ3n) is 5.28. The van der Waals surface area contributed by atoms with Gasteiger partial charge in [-0.25, -0.2) is 0 Å². The number of benzene rings is 2. The van der Waals surface area contributed by atoms with Crippen LogP contribution in [0.3, 0.4) is 0 Å². The second kappa shape index (κ2) is 8.03. The van der Waals surface area contributed by atoms with Gasteiger partial charge >= 0.3 is 0 Å². The summed E-state index contributed by atoms with van der Waals surface area (Å²) < 4.78 is 11.6. The van der Waals surface area contributed by atoms with Crippen LogP contribution in [0.1, 0.15) is 46.6 Å². The Labute approximate surface area is 192 Å². The van der Waals surface area contributed by atoms with Crippen molar-refractivity contribution in [2.75, 3.05) is 11.5 Å². The zero-order chi connectivity index (χ0) is 22.4. The fourth-order valence-electron chi connectivity index (χ4n) is 3.88. The van der Waals surface area contributed by atoms with E-state index in [4.69, 9.17) is 20.8 Å². The molecule has 4 aromatic rings. The molecule has 0 unspecified atom stereocenters. The summed E-state index contributed by atoms with van der Waals surface area (Å²) in [5.74, 6) is 0.218. The molecule has 3 heterocycles. The maximum absolute atomic E-state index is 13.6. The van der Waals surface area contributed by atoms with Crippen LogP contribution in [-0.4, -0.2) is 22.7 Å². The Morgan fingerprint density at radius 1 is 1.16 bits per heavy atom. The molecule has 1 aliphatic heterocycles. The van der Waals surface area contributed by atoms with Crippen LogP contribution < -0.4 is 15.1 Å². The highest BCUT2D eigenvalue weighted by Crippen LogP contribution is 2.42. The summed E-state index contributed by atoms with van der Waals surface area (Å²) in [6.07, 6.45) is 0.691. The highest BCUT2D eigenvalue weighted by Gasteiger charge is 2.45. The summed E-state index contributed by atoms with van der Waals surface area (Å²) in [4.78, 5) is 28.6. The Bertz CT molecular complexity index is 1410. The van der Waals surface area contributed by atoms with Crippen LogP contribution in [-0.2, 0) is 6.42 Å². The summed E-state index contributed by atoms with van der Waals surface area (Å²) in [5.41, 5.74) is 0.977. The second-order valence-corrected chi connectivity index (χ2v) is 8.71. The van der Waals surface area contributed by atoms with Gasteiger partial charge in [0.1, 0.15) is 16.3 Å². The lowest BCUT2D eigenvalue weighted by atomic mass is 9.98. The first-order valence-electron chi connectivity index (χ1n) is 10.2. The van der Waals surface area contributed by atoms with Crippen molar-refractivity contribution < 1.29 is 13.9 Å². The van der Waals surface area contributed by atoms with Crippen molar-refractivity contribution in [1.29, 1.82) is 0 Å². The minimum Gasteiger partial charge on any atom is -0.494 e. The molecule has 2 aromatic carbocycles. The highest BCUT2D eigenvalue weighted by molar-refractivity contribution is 7.15. The van der Waals surface area contributed by atoms with Crippen molar-refractivity contribution in [3.63, 3.8) is 0 Å². The largest absolute Gasteiger partial charge is 0.494 e. The normalized spacial score (nSPS) is 15.4. The van der Waals surface area contributed by atoms with Crippen LogP contribution in [0.15, 0.2) is 51.7 Å². The van der Waals surface area contributed by atoms with E-state index in [-0.39, 0.29) is 16.8 Å². The molecule has 2 aromatic heterocycles. The number of carbonyl (C=O) groups is 1. The molecular formula is C23H18ClN3O4S. The van der Waals surface area contributed by atoms with E-state index in [2.05, 4.69) is 10.2 Å². The fraction of sp³-hybridized carbons (Fsp3) is 0.217. The summed E-state index contributed by atoms with van der Waals surface area (Å²) in [6, 6.07) is 11.4. The van der Waals surface area contributed by atoms with Gasteiger partial charge in [0.15, 0.2) is 5.43 Å². The minimum atomic E-state index is -0.727. The zero-order valence-corrected chi connectivity index (χ0v) is 18.9. The molecular weight excluding hydrogens is 450 g/mol. The van der Waals surface area contributed by atoms with E-state index in [9.17, 15) is 9.59 Å². The number of nitrogens with zero attached hydrogens (tertiary/aromatic N) is 3. The Morgan fingerprint density at radius 3 is 2.75 bits per heavy atom. The first-order chi connectivity index (χ1) is 15.5. The number of fused-ring (bicyclic) bond motifs is 2. The number of ether oxygens (including phenoxy) is 1. The molecule has 0 spiro atoms. The van der Waals surface area contributed by atoms with E-state index in [0.29, 0.717) is 45.5 Å². The monoisotopic (exact) mass is 467 g/mol. The fourth-order valence-corrected chi connectivity index (χ4v) is 4.86. The van der Waals surface area contributed by atoms with Gasteiger partial charge in [0, 0.05) is 5.02 Å². The van der Waals surface area contributed by atoms with Crippen molar-refractivity contribution >= 4 is 44.9 Å². The van der Waals surface area contributed by atoms with Gasteiger partial charge in [0.2, 0.25) is 10.9 Å². The third kappa shape index (κ3) is 3.27. The van der Waals surface area contributed by atoms with Crippen LogP contribution in [0.4, 0.5) is 5.13 Å². The van der Waals surface area contributed by atoms with Crippen LogP contribution in [0.2, 0.25) is 5.02 Å². The number of aromatic nitrogens is 2. The van der Waals surface area contributed by atoms with Gasteiger partial charge in [-0.2, -0.15) is 0 Å². The van der Waals surface area contributed by atoms with E-state index in [0.717, 1.165) is 5.01 Å². The summed E-state index contributed by atoms with van der Waals surface area (Å²) in [5, 5.41) is 10.3. The number of halogens is 1. The lowest BCUT2D eigenvalue weighted by Crippen LogP contribution is -2.29. The molecule has 0 saturated heterocycles. The maximum atomic E-state index is 13.6. The summed E-state index contributed by atoms with van der Waals surface area (Å²) in [6.45, 7) is 4.36. The molecule has 0 radical (unpaired) electrons. The van der Waals surface area contributed by atoms with Crippen molar-refractivity contribution in [1.82, 2.24) is 10.2 Å². The van der Waals surface area contributed by atoms with Crippen LogP contribution in [0.5, 0.6) is 5.75 Å². The topological polar surface area (TPSA) is 85.5 Å². The molecule has 0 bridgehead atoms. The molecule has 0 saturated carbocycles. The van der Waals surface area contributed by atoms with Gasteiger partial charge < -0.3 is 9.15 Å². The van der Waals surface area contributed by atoms with E-state index in [1.807, 2.05) is 38.1 Å². The Kier molecular flexibility index (Phi) is 5.19. The number of hydrogen-bond acceptors (Lipinski definition) is 7. The molecule has 5 rings (SSSR count). The number of hydrogen-bond donors (Lipinski definition) is 0. The zero-order valence-electron chi connectivity index (χ0n) is 17.3. The van der Waals surface area contributed by atoms with Crippen molar-refractivity contribution in [2.45, 2.75) is 26.3 Å². The van der Waals surface area contributed by atoms with Gasteiger partial charge in [-0.15, -0.1) is 10.2 Å². The van der Waals surface area contributed by atoms with Crippen molar-refractivity contribution in [3.05, 3.63) is 79.6 Å². The molecule has 0 N–H and O–H groups in total. The summed E-state index contributed by atoms with van der Waals surface area (Å²) >= 11 is 7.45. The van der Waals surface area contributed by atoms with E-state index in [1.165, 1.54) is 16.2 Å². The number of anilines is 1. The first kappa shape index (κ1) is 20.7. The molecule has 1 aliphatic rings. The average Bonchev–Trinajstić information content (AvgIpc) is 3.37. The van der Waals surface area contributed by atoms with E-state index in [1.54, 1.807) is 18.2 Å². The smallest absolute Gasteiger partial charge is 0.297 e. The van der Waals surface area contributed by atoms with E-state index >= 15 is 0 Å². The first-order valence-corrected chi connectivity index (χ1v) is 11.4. The van der Waals surface area contributed by atoms with Crippen molar-refractivity contribution in [2.24, 2.45) is 0 Å². The van der Waals surface area contributed by atoms with Gasteiger partial charge in [-0.05, 0) is 49.2 Å². The number of rotatable bonds is 5. The SMILES string of the molecule is CCOc1cccc([C@H]2c3c(oc4ccc(Cl)cc4c3=O)C(=O)N2c2nnc(CC)s2)c1. The van der Waals surface area contributed by atoms with Crippen molar-refractivity contribution in [3.8, 4) is 5.75 Å². The molecule has 1 amide bonds. The number of aryl methyl sites for hydroxylation is 1. The quantitative estimate of drug-likeness (QED) is 0.410. The summed E-state index contributed by atoms with van der Waals surface area (Å²) in [7, 11) is 0. The van der Waals surface area contributed by atoms with Crippen LogP contribution >= 0.6 is 22.9 Å². The molecule has 0 fully saturated rings.